The van der Waals surface area contributed by atoms with E-state index < -0.39 is 6.10 Å². The number of aryl methyl sites for hydroxylation is 1. The minimum absolute atomic E-state index is 0.106. The summed E-state index contributed by atoms with van der Waals surface area (Å²) in [5, 5.41) is 8.56. The molecule has 0 unspecified atom stereocenters. The molecular formula is C24H22FN5O3. The SMILES string of the molecule is C[C@H](Oc1ccccc1)C(=O)N1CCc2c(c(-c3nc(-c4cccc(F)c4)no3)nn2C)C1. The highest BCUT2D eigenvalue weighted by molar-refractivity contribution is 5.81. The van der Waals surface area contributed by atoms with Gasteiger partial charge in [0, 0.05) is 43.4 Å². The normalized spacial score (nSPS) is 14.1. The summed E-state index contributed by atoms with van der Waals surface area (Å²) in [5.41, 5.74) is 2.91. The summed E-state index contributed by atoms with van der Waals surface area (Å²) in [7, 11) is 1.85. The fraction of sp³-hybridized carbons (Fsp3) is 0.250. The number of carbonyl (C=O) groups excluding carboxylic acids is 1. The Kier molecular flexibility index (Phi) is 5.37. The highest BCUT2D eigenvalue weighted by atomic mass is 19.1. The van der Waals surface area contributed by atoms with E-state index in [0.717, 1.165) is 11.3 Å². The molecule has 8 nitrogen and oxygen atoms in total. The summed E-state index contributed by atoms with van der Waals surface area (Å²) in [6.45, 7) is 2.67. The van der Waals surface area contributed by atoms with Crippen LogP contribution in [-0.4, -0.2) is 43.4 Å². The lowest BCUT2D eigenvalue weighted by Crippen LogP contribution is -2.43. The third kappa shape index (κ3) is 4.09. The van der Waals surface area contributed by atoms with Gasteiger partial charge in [0.15, 0.2) is 11.8 Å². The maximum absolute atomic E-state index is 13.6. The molecule has 3 heterocycles. The zero-order valence-electron chi connectivity index (χ0n) is 18.2. The maximum Gasteiger partial charge on any atom is 0.279 e. The summed E-state index contributed by atoms with van der Waals surface area (Å²) in [5.74, 6) is 0.667. The van der Waals surface area contributed by atoms with Crippen LogP contribution in [0.15, 0.2) is 59.1 Å². The third-order valence-electron chi connectivity index (χ3n) is 5.67. The van der Waals surface area contributed by atoms with Gasteiger partial charge in [-0.25, -0.2) is 4.39 Å². The molecular weight excluding hydrogens is 425 g/mol. The van der Waals surface area contributed by atoms with Gasteiger partial charge >= 0.3 is 0 Å². The molecule has 5 rings (SSSR count). The van der Waals surface area contributed by atoms with Crippen molar-refractivity contribution in [3.05, 3.63) is 71.7 Å². The van der Waals surface area contributed by atoms with Crippen LogP contribution < -0.4 is 4.74 Å². The average Bonchev–Trinajstić information content (AvgIpc) is 3.44. The first-order valence-corrected chi connectivity index (χ1v) is 10.6. The Bertz CT molecular complexity index is 1300. The van der Waals surface area contributed by atoms with Gasteiger partial charge in [-0.1, -0.05) is 35.5 Å². The van der Waals surface area contributed by atoms with E-state index in [4.69, 9.17) is 9.26 Å². The lowest BCUT2D eigenvalue weighted by Gasteiger charge is -2.29. The highest BCUT2D eigenvalue weighted by Gasteiger charge is 2.31. The molecule has 2 aromatic heterocycles. The first kappa shape index (κ1) is 20.9. The molecule has 1 aliphatic rings. The number of rotatable bonds is 5. The van der Waals surface area contributed by atoms with Gasteiger partial charge in [0.25, 0.3) is 11.8 Å². The van der Waals surface area contributed by atoms with E-state index in [1.165, 1.54) is 12.1 Å². The van der Waals surface area contributed by atoms with E-state index in [1.54, 1.807) is 28.6 Å². The molecule has 0 N–H and O–H groups in total. The van der Waals surface area contributed by atoms with Crippen LogP contribution in [-0.2, 0) is 24.8 Å². The van der Waals surface area contributed by atoms with Crippen LogP contribution in [0.5, 0.6) is 5.75 Å². The van der Waals surface area contributed by atoms with Crippen molar-refractivity contribution in [3.63, 3.8) is 0 Å². The third-order valence-corrected chi connectivity index (χ3v) is 5.67. The largest absolute Gasteiger partial charge is 0.481 e. The van der Waals surface area contributed by atoms with Gasteiger partial charge in [-0.05, 0) is 31.2 Å². The zero-order chi connectivity index (χ0) is 22.9. The van der Waals surface area contributed by atoms with Gasteiger partial charge in [-0.2, -0.15) is 10.1 Å². The Hall–Kier alpha value is -4.01. The second-order valence-corrected chi connectivity index (χ2v) is 7.91. The zero-order valence-corrected chi connectivity index (χ0v) is 18.2. The van der Waals surface area contributed by atoms with Crippen molar-refractivity contribution in [3.8, 4) is 28.7 Å². The van der Waals surface area contributed by atoms with Crippen molar-refractivity contribution in [2.45, 2.75) is 26.0 Å². The molecule has 4 aromatic rings. The lowest BCUT2D eigenvalue weighted by atomic mass is 10.0. The van der Waals surface area contributed by atoms with Crippen molar-refractivity contribution < 1.29 is 18.4 Å². The molecule has 1 aliphatic heterocycles. The number of halogens is 1. The highest BCUT2D eigenvalue weighted by Crippen LogP contribution is 2.30. The smallest absolute Gasteiger partial charge is 0.279 e. The lowest BCUT2D eigenvalue weighted by molar-refractivity contribution is -0.138. The van der Waals surface area contributed by atoms with Crippen LogP contribution in [0.3, 0.4) is 0 Å². The van der Waals surface area contributed by atoms with E-state index in [2.05, 4.69) is 15.2 Å². The molecule has 0 spiro atoms. The molecule has 0 radical (unpaired) electrons. The summed E-state index contributed by atoms with van der Waals surface area (Å²) < 4.78 is 26.6. The van der Waals surface area contributed by atoms with Gasteiger partial charge in [-0.15, -0.1) is 0 Å². The van der Waals surface area contributed by atoms with Crippen LogP contribution >= 0.6 is 0 Å². The van der Waals surface area contributed by atoms with Crippen molar-refractivity contribution in [1.82, 2.24) is 24.8 Å². The van der Waals surface area contributed by atoms with Crippen molar-refractivity contribution in [2.75, 3.05) is 6.54 Å². The number of hydrogen-bond donors (Lipinski definition) is 0. The Labute approximate surface area is 189 Å². The van der Waals surface area contributed by atoms with E-state index in [9.17, 15) is 9.18 Å². The summed E-state index contributed by atoms with van der Waals surface area (Å²) >= 11 is 0. The van der Waals surface area contributed by atoms with Crippen LogP contribution in [0.2, 0.25) is 0 Å². The van der Waals surface area contributed by atoms with Gasteiger partial charge in [0.1, 0.15) is 11.6 Å². The van der Waals surface area contributed by atoms with E-state index in [0.29, 0.717) is 36.5 Å². The van der Waals surface area contributed by atoms with Crippen molar-refractivity contribution in [2.24, 2.45) is 7.05 Å². The van der Waals surface area contributed by atoms with E-state index >= 15 is 0 Å². The van der Waals surface area contributed by atoms with E-state index in [1.807, 2.05) is 37.4 Å². The standard InChI is InChI=1S/C24H22FN5O3/c1-15(32-18-9-4-3-5-10-18)24(31)30-12-11-20-19(14-30)21(27-29(20)2)23-26-22(28-33-23)16-7-6-8-17(25)13-16/h3-10,13,15H,11-12,14H2,1-2H3/t15-/m0/s1. The fourth-order valence-electron chi connectivity index (χ4n) is 4.03. The predicted octanol–water partition coefficient (Wildman–Crippen LogP) is 3.63. The summed E-state index contributed by atoms with van der Waals surface area (Å²) in [6.07, 6.45) is 0.0186. The van der Waals surface area contributed by atoms with Crippen molar-refractivity contribution in [1.29, 1.82) is 0 Å². The number of para-hydroxylation sites is 1. The number of aromatic nitrogens is 4. The van der Waals surface area contributed by atoms with Crippen LogP contribution in [0.4, 0.5) is 4.39 Å². The fourth-order valence-corrected chi connectivity index (χ4v) is 4.03. The number of hydrogen-bond acceptors (Lipinski definition) is 6. The first-order chi connectivity index (χ1) is 16.0. The van der Waals surface area contributed by atoms with Gasteiger partial charge in [-0.3, -0.25) is 9.48 Å². The molecule has 168 valence electrons. The number of benzene rings is 2. The Morgan fingerprint density at radius 1 is 1.18 bits per heavy atom. The van der Waals surface area contributed by atoms with Crippen LogP contribution in [0, 0.1) is 5.82 Å². The molecule has 9 heteroatoms. The number of nitrogens with zero attached hydrogens (tertiary/aromatic N) is 5. The molecule has 33 heavy (non-hydrogen) atoms. The van der Waals surface area contributed by atoms with Gasteiger partial charge in [0.05, 0.1) is 0 Å². The molecule has 0 fully saturated rings. The molecule has 2 aromatic carbocycles. The van der Waals surface area contributed by atoms with Crippen LogP contribution in [0.25, 0.3) is 23.0 Å². The Balaban J connectivity index is 1.38. The molecule has 0 aliphatic carbocycles. The van der Waals surface area contributed by atoms with Crippen molar-refractivity contribution >= 4 is 5.91 Å². The monoisotopic (exact) mass is 447 g/mol. The molecule has 0 saturated carbocycles. The number of amides is 1. The van der Waals surface area contributed by atoms with Gasteiger partial charge < -0.3 is 14.2 Å². The van der Waals surface area contributed by atoms with E-state index in [-0.39, 0.29) is 23.4 Å². The number of ether oxygens (including phenoxy) is 1. The number of fused-ring (bicyclic) bond motifs is 1. The molecule has 1 atom stereocenters. The second kappa shape index (κ2) is 8.50. The Morgan fingerprint density at radius 2 is 2.00 bits per heavy atom. The minimum Gasteiger partial charge on any atom is -0.481 e. The number of carbonyl (C=O) groups is 1. The Morgan fingerprint density at radius 3 is 2.79 bits per heavy atom. The average molecular weight is 447 g/mol. The minimum atomic E-state index is -0.628. The van der Waals surface area contributed by atoms with Gasteiger partial charge in [0.2, 0.25) is 5.82 Å². The second-order valence-electron chi connectivity index (χ2n) is 7.91. The quantitative estimate of drug-likeness (QED) is 0.464. The molecule has 0 bridgehead atoms. The summed E-state index contributed by atoms with van der Waals surface area (Å²) in [4.78, 5) is 19.3. The van der Waals surface area contributed by atoms with Crippen LogP contribution in [0.1, 0.15) is 18.2 Å². The maximum atomic E-state index is 13.6. The summed E-state index contributed by atoms with van der Waals surface area (Å²) in [6, 6.07) is 15.3. The molecule has 1 amide bonds. The molecule has 0 saturated heterocycles. The topological polar surface area (TPSA) is 86.3 Å². The first-order valence-electron chi connectivity index (χ1n) is 10.6. The predicted molar refractivity (Wildman–Crippen MR) is 118 cm³/mol.